The van der Waals surface area contributed by atoms with Gasteiger partial charge in [0.05, 0.1) is 0 Å². The molecule has 0 fully saturated rings. The van der Waals surface area contributed by atoms with E-state index in [9.17, 15) is 0 Å². The fourth-order valence-electron chi connectivity index (χ4n) is 8.45. The molecule has 32 heavy (non-hydrogen) atoms. The van der Waals surface area contributed by atoms with Crippen molar-refractivity contribution >= 4 is 0 Å². The highest BCUT2D eigenvalue weighted by molar-refractivity contribution is 5.66. The van der Waals surface area contributed by atoms with E-state index >= 15 is 0 Å². The van der Waals surface area contributed by atoms with Crippen LogP contribution in [-0.4, -0.2) is 0 Å². The van der Waals surface area contributed by atoms with Gasteiger partial charge in [0, 0.05) is 0 Å². The lowest BCUT2D eigenvalue weighted by molar-refractivity contribution is 0.400. The molecule has 0 radical (unpaired) electrons. The highest BCUT2D eigenvalue weighted by Gasteiger charge is 2.47. The Balaban J connectivity index is 0.000000135. The number of rotatable bonds is 0. The van der Waals surface area contributed by atoms with E-state index in [1.807, 2.05) is 0 Å². The zero-order chi connectivity index (χ0) is 23.8. The Morgan fingerprint density at radius 2 is 0.562 bits per heavy atom. The van der Waals surface area contributed by atoms with Gasteiger partial charge in [0.25, 0.3) is 0 Å². The monoisotopic (exact) mass is 428 g/mol. The molecule has 172 valence electrons. The van der Waals surface area contributed by atoms with E-state index in [-0.39, 0.29) is 0 Å². The van der Waals surface area contributed by atoms with Gasteiger partial charge in [0.2, 0.25) is 0 Å². The molecule has 6 rings (SSSR count). The topological polar surface area (TPSA) is 0 Å². The van der Waals surface area contributed by atoms with Crippen molar-refractivity contribution in [3.05, 3.63) is 66.8 Å². The molecule has 0 unspecified atom stereocenters. The van der Waals surface area contributed by atoms with E-state index in [1.54, 1.807) is 66.8 Å². The molecule has 2 aromatic rings. The number of benzene rings is 2. The Labute approximate surface area is 197 Å². The number of hydrogen-bond donors (Lipinski definition) is 0. The van der Waals surface area contributed by atoms with E-state index in [2.05, 4.69) is 83.1 Å². The molecular weight excluding hydrogens is 384 g/mol. The van der Waals surface area contributed by atoms with Crippen molar-refractivity contribution in [2.24, 2.45) is 0 Å². The maximum atomic E-state index is 2.39. The SMILES string of the molecule is Cc1c(C)c2c(c3c1C(C)(C)C3)CC2(C)C.Cc1c2c(c(C)c3c1C(C)(C)C3)C(C)(C)C2. The molecule has 0 N–H and O–H groups in total. The summed E-state index contributed by atoms with van der Waals surface area (Å²) in [7, 11) is 0. The zero-order valence-electron chi connectivity index (χ0n) is 22.8. The Kier molecular flexibility index (Phi) is 4.25. The van der Waals surface area contributed by atoms with Crippen molar-refractivity contribution in [2.75, 3.05) is 0 Å². The minimum atomic E-state index is 0.430. The first-order valence-electron chi connectivity index (χ1n) is 12.8. The third-order valence-corrected chi connectivity index (χ3v) is 9.72. The van der Waals surface area contributed by atoms with Gasteiger partial charge in [-0.05, 0) is 142 Å². The zero-order valence-corrected chi connectivity index (χ0v) is 22.8. The summed E-state index contributed by atoms with van der Waals surface area (Å²) in [6, 6.07) is 0. The van der Waals surface area contributed by atoms with Gasteiger partial charge in [-0.25, -0.2) is 0 Å². The van der Waals surface area contributed by atoms with Crippen LogP contribution >= 0.6 is 0 Å². The molecule has 0 spiro atoms. The quantitative estimate of drug-likeness (QED) is 0.399. The number of hydrogen-bond acceptors (Lipinski definition) is 0. The van der Waals surface area contributed by atoms with Gasteiger partial charge in [-0.3, -0.25) is 0 Å². The molecule has 0 heterocycles. The second kappa shape index (κ2) is 6.11. The lowest BCUT2D eigenvalue weighted by Crippen LogP contribution is -2.43. The summed E-state index contributed by atoms with van der Waals surface area (Å²) in [6.45, 7) is 28.4. The fourth-order valence-corrected chi connectivity index (χ4v) is 8.45. The molecule has 2 aromatic carbocycles. The summed E-state index contributed by atoms with van der Waals surface area (Å²) < 4.78 is 0. The standard InChI is InChI=1S/2C16H22/c1-9-11-7-16(5,6)14(11)10(2)12-8-15(3,4)13(9)12;1-9-10(2)14-12(8-16(14,5)6)11-7-15(3,4)13(9)11/h2*7-8H2,1-6H3. The second-order valence-corrected chi connectivity index (χ2v) is 14.2. The minimum Gasteiger partial charge on any atom is -0.0555 e. The average molecular weight is 429 g/mol. The number of fused-ring (bicyclic) bond motifs is 5. The molecule has 0 saturated heterocycles. The van der Waals surface area contributed by atoms with Crippen molar-refractivity contribution < 1.29 is 0 Å². The maximum Gasteiger partial charge on any atom is -0.00574 e. The summed E-state index contributed by atoms with van der Waals surface area (Å²) >= 11 is 0. The van der Waals surface area contributed by atoms with Crippen molar-refractivity contribution in [1.82, 2.24) is 0 Å². The molecule has 0 saturated carbocycles. The van der Waals surface area contributed by atoms with Crippen LogP contribution in [0.3, 0.4) is 0 Å². The van der Waals surface area contributed by atoms with Crippen LogP contribution in [-0.2, 0) is 47.3 Å². The third-order valence-electron chi connectivity index (χ3n) is 9.72. The summed E-state index contributed by atoms with van der Waals surface area (Å²) in [6.07, 6.45) is 5.14. The van der Waals surface area contributed by atoms with Crippen LogP contribution in [0, 0.1) is 27.7 Å². The van der Waals surface area contributed by atoms with E-state index < -0.39 is 0 Å². The summed E-state index contributed by atoms with van der Waals surface area (Å²) in [5.41, 5.74) is 21.4. The van der Waals surface area contributed by atoms with Gasteiger partial charge in [0.15, 0.2) is 0 Å². The maximum absolute atomic E-state index is 2.39. The molecule has 0 amide bonds. The average Bonchev–Trinajstić information content (AvgIpc) is 2.59. The van der Waals surface area contributed by atoms with Crippen LogP contribution in [0.2, 0.25) is 0 Å². The Morgan fingerprint density at radius 3 is 0.812 bits per heavy atom. The van der Waals surface area contributed by atoms with Gasteiger partial charge in [-0.2, -0.15) is 0 Å². The molecule has 0 aliphatic heterocycles. The Hall–Kier alpha value is -1.56. The summed E-state index contributed by atoms with van der Waals surface area (Å²) in [5.74, 6) is 0. The summed E-state index contributed by atoms with van der Waals surface area (Å²) in [5, 5.41) is 0. The van der Waals surface area contributed by atoms with Gasteiger partial charge in [-0.15, -0.1) is 0 Å². The first-order chi connectivity index (χ1) is 14.5. The van der Waals surface area contributed by atoms with E-state index in [1.165, 1.54) is 25.7 Å². The van der Waals surface area contributed by atoms with Gasteiger partial charge >= 0.3 is 0 Å². The van der Waals surface area contributed by atoms with E-state index in [4.69, 9.17) is 0 Å². The molecule has 4 aliphatic carbocycles. The largest absolute Gasteiger partial charge is 0.0555 e. The minimum absolute atomic E-state index is 0.430. The molecule has 0 atom stereocenters. The predicted molar refractivity (Wildman–Crippen MR) is 139 cm³/mol. The Bertz CT molecular complexity index is 970. The van der Waals surface area contributed by atoms with Crippen LogP contribution in [0.25, 0.3) is 0 Å². The molecular formula is C32H44. The lowest BCUT2D eigenvalue weighted by atomic mass is 9.54. The van der Waals surface area contributed by atoms with Crippen LogP contribution in [0.1, 0.15) is 122 Å². The van der Waals surface area contributed by atoms with Gasteiger partial charge in [0.1, 0.15) is 0 Å². The van der Waals surface area contributed by atoms with Gasteiger partial charge < -0.3 is 0 Å². The normalized spacial score (nSPS) is 22.9. The van der Waals surface area contributed by atoms with Crippen LogP contribution in [0.15, 0.2) is 0 Å². The fraction of sp³-hybridized carbons (Fsp3) is 0.625. The highest BCUT2D eigenvalue weighted by atomic mass is 14.5. The van der Waals surface area contributed by atoms with Crippen molar-refractivity contribution in [2.45, 2.75) is 130 Å². The first kappa shape index (κ1) is 22.2. The second-order valence-electron chi connectivity index (χ2n) is 14.2. The van der Waals surface area contributed by atoms with Crippen molar-refractivity contribution in [1.29, 1.82) is 0 Å². The molecule has 0 heteroatoms. The first-order valence-corrected chi connectivity index (χ1v) is 12.8. The van der Waals surface area contributed by atoms with Crippen LogP contribution in [0.5, 0.6) is 0 Å². The van der Waals surface area contributed by atoms with Crippen LogP contribution in [0.4, 0.5) is 0 Å². The lowest BCUT2D eigenvalue weighted by Gasteiger charge is -2.50. The molecule has 0 nitrogen and oxygen atoms in total. The Morgan fingerprint density at radius 1 is 0.344 bits per heavy atom. The molecule has 0 bridgehead atoms. The van der Waals surface area contributed by atoms with E-state index in [0.717, 1.165) is 0 Å². The van der Waals surface area contributed by atoms with E-state index in [0.29, 0.717) is 21.7 Å². The summed E-state index contributed by atoms with van der Waals surface area (Å²) in [4.78, 5) is 0. The van der Waals surface area contributed by atoms with Crippen molar-refractivity contribution in [3.63, 3.8) is 0 Å². The highest BCUT2D eigenvalue weighted by Crippen LogP contribution is 2.55. The van der Waals surface area contributed by atoms with Crippen LogP contribution < -0.4 is 0 Å². The molecule has 4 aliphatic rings. The predicted octanol–water partition coefficient (Wildman–Crippen LogP) is 7.94. The molecule has 0 aromatic heterocycles. The van der Waals surface area contributed by atoms with Gasteiger partial charge in [-0.1, -0.05) is 55.4 Å². The smallest absolute Gasteiger partial charge is 0.00574 e. The third kappa shape index (κ3) is 2.62. The van der Waals surface area contributed by atoms with Crippen molar-refractivity contribution in [3.8, 4) is 0 Å².